The van der Waals surface area contributed by atoms with Crippen LogP contribution in [0.5, 0.6) is 0 Å². The Hall–Kier alpha value is -0.780. The van der Waals surface area contributed by atoms with Gasteiger partial charge in [-0.25, -0.2) is 0 Å². The van der Waals surface area contributed by atoms with E-state index >= 15 is 0 Å². The second kappa shape index (κ2) is 6.23. The number of allylic oxidation sites excluding steroid dienone is 6. The summed E-state index contributed by atoms with van der Waals surface area (Å²) >= 11 is 0. The molecule has 0 radical (unpaired) electrons. The summed E-state index contributed by atoms with van der Waals surface area (Å²) in [7, 11) is 0. The molecule has 0 aromatic carbocycles. The molecule has 0 bridgehead atoms. The molecule has 1 saturated carbocycles. The fourth-order valence-corrected chi connectivity index (χ4v) is 3.19. The Morgan fingerprint density at radius 2 is 1.59 bits per heavy atom. The van der Waals surface area contributed by atoms with Crippen molar-refractivity contribution < 1.29 is 0 Å². The minimum absolute atomic E-state index is 1.27. The van der Waals surface area contributed by atoms with Gasteiger partial charge in [0.05, 0.1) is 0 Å². The molecule has 17 heavy (non-hydrogen) atoms. The van der Waals surface area contributed by atoms with Crippen molar-refractivity contribution in [1.82, 2.24) is 0 Å². The van der Waals surface area contributed by atoms with Gasteiger partial charge in [0.25, 0.3) is 0 Å². The quantitative estimate of drug-likeness (QED) is 0.580. The Labute approximate surface area is 106 Å². The van der Waals surface area contributed by atoms with Crippen LogP contribution in [-0.2, 0) is 0 Å². The highest BCUT2D eigenvalue weighted by atomic mass is 14.2. The zero-order valence-corrected chi connectivity index (χ0v) is 11.5. The van der Waals surface area contributed by atoms with Crippen molar-refractivity contribution in [3.63, 3.8) is 0 Å². The molecule has 0 nitrogen and oxygen atoms in total. The largest absolute Gasteiger partial charge is 0.0651 e. The molecule has 0 amide bonds. The molecule has 2 rings (SSSR count). The van der Waals surface area contributed by atoms with Gasteiger partial charge in [-0.3, -0.25) is 0 Å². The van der Waals surface area contributed by atoms with E-state index in [-0.39, 0.29) is 0 Å². The van der Waals surface area contributed by atoms with Gasteiger partial charge < -0.3 is 0 Å². The van der Waals surface area contributed by atoms with Crippen LogP contribution < -0.4 is 0 Å². The zero-order chi connectivity index (χ0) is 12.1. The molecule has 0 aromatic heterocycles. The molecular weight excluding hydrogens is 204 g/mol. The van der Waals surface area contributed by atoms with E-state index in [1.807, 2.05) is 0 Å². The number of hydrogen-bond acceptors (Lipinski definition) is 0. The van der Waals surface area contributed by atoms with Crippen molar-refractivity contribution in [3.8, 4) is 0 Å². The lowest BCUT2D eigenvalue weighted by atomic mass is 9.87. The van der Waals surface area contributed by atoms with E-state index in [0.29, 0.717) is 0 Å². The predicted octanol–water partition coefficient (Wildman–Crippen LogP) is 5.71. The van der Waals surface area contributed by atoms with Crippen LogP contribution >= 0.6 is 0 Å². The van der Waals surface area contributed by atoms with Crippen molar-refractivity contribution in [2.75, 3.05) is 0 Å². The van der Waals surface area contributed by atoms with Crippen LogP contribution in [0.2, 0.25) is 0 Å². The van der Waals surface area contributed by atoms with E-state index in [1.54, 1.807) is 22.3 Å². The molecule has 0 aliphatic heterocycles. The maximum Gasteiger partial charge on any atom is -0.0230 e. The first kappa shape index (κ1) is 12.7. The first-order valence-corrected chi connectivity index (χ1v) is 7.49. The van der Waals surface area contributed by atoms with Crippen LogP contribution in [0.1, 0.15) is 71.6 Å². The first-order valence-electron chi connectivity index (χ1n) is 7.49. The topological polar surface area (TPSA) is 0 Å². The Morgan fingerprint density at radius 3 is 2.24 bits per heavy atom. The van der Waals surface area contributed by atoms with Crippen molar-refractivity contribution in [2.24, 2.45) is 0 Å². The smallest absolute Gasteiger partial charge is 0.0230 e. The van der Waals surface area contributed by atoms with Crippen molar-refractivity contribution in [2.45, 2.75) is 71.6 Å². The van der Waals surface area contributed by atoms with Crippen LogP contribution in [0.4, 0.5) is 0 Å². The second-order valence-corrected chi connectivity index (χ2v) is 5.42. The van der Waals surface area contributed by atoms with Gasteiger partial charge >= 0.3 is 0 Å². The fourth-order valence-electron chi connectivity index (χ4n) is 3.19. The second-order valence-electron chi connectivity index (χ2n) is 5.42. The fraction of sp³-hybridized carbons (Fsp3) is 0.647. The molecule has 0 atom stereocenters. The van der Waals surface area contributed by atoms with E-state index in [0.717, 1.165) is 0 Å². The monoisotopic (exact) mass is 230 g/mol. The summed E-state index contributed by atoms with van der Waals surface area (Å²) in [5, 5.41) is 0. The van der Waals surface area contributed by atoms with Gasteiger partial charge in [-0.1, -0.05) is 50.8 Å². The summed E-state index contributed by atoms with van der Waals surface area (Å²) in [6, 6.07) is 0. The lowest BCUT2D eigenvalue weighted by Crippen LogP contribution is -1.99. The Bertz CT molecular complexity index is 344. The van der Waals surface area contributed by atoms with Crippen LogP contribution in [0, 0.1) is 0 Å². The summed E-state index contributed by atoms with van der Waals surface area (Å²) in [5.74, 6) is 0. The van der Waals surface area contributed by atoms with Gasteiger partial charge in [-0.2, -0.15) is 0 Å². The van der Waals surface area contributed by atoms with Crippen LogP contribution in [0.3, 0.4) is 0 Å². The average Bonchev–Trinajstić information content (AvgIpc) is 2.75. The molecule has 0 aromatic rings. The van der Waals surface area contributed by atoms with E-state index in [4.69, 9.17) is 0 Å². The molecule has 0 N–H and O–H groups in total. The number of rotatable bonds is 4. The lowest BCUT2D eigenvalue weighted by molar-refractivity contribution is 0.595. The first-order chi connectivity index (χ1) is 8.36. The Balaban J connectivity index is 2.25. The summed E-state index contributed by atoms with van der Waals surface area (Å²) in [4.78, 5) is 0. The summed E-state index contributed by atoms with van der Waals surface area (Å²) < 4.78 is 0. The van der Waals surface area contributed by atoms with Crippen molar-refractivity contribution in [1.29, 1.82) is 0 Å². The van der Waals surface area contributed by atoms with Gasteiger partial charge in [0.2, 0.25) is 0 Å². The summed E-state index contributed by atoms with van der Waals surface area (Å²) in [5.41, 5.74) is 6.70. The van der Waals surface area contributed by atoms with Crippen LogP contribution in [0.25, 0.3) is 0 Å². The average molecular weight is 230 g/mol. The van der Waals surface area contributed by atoms with Crippen molar-refractivity contribution >= 4 is 0 Å². The van der Waals surface area contributed by atoms with Gasteiger partial charge in [0.15, 0.2) is 0 Å². The minimum Gasteiger partial charge on any atom is -0.0651 e. The predicted molar refractivity (Wildman–Crippen MR) is 76.1 cm³/mol. The maximum atomic E-state index is 2.41. The minimum atomic E-state index is 1.27. The lowest BCUT2D eigenvalue weighted by Gasteiger charge is -2.18. The SMILES string of the molecule is CCCC1=C(CCC)C(=C2CCCCC2)C=C1. The van der Waals surface area contributed by atoms with Crippen LogP contribution in [0.15, 0.2) is 34.4 Å². The van der Waals surface area contributed by atoms with Gasteiger partial charge in [0.1, 0.15) is 0 Å². The molecule has 0 heterocycles. The zero-order valence-electron chi connectivity index (χ0n) is 11.5. The molecule has 94 valence electrons. The molecule has 1 fully saturated rings. The van der Waals surface area contributed by atoms with E-state index in [1.165, 1.54) is 57.8 Å². The maximum absolute atomic E-state index is 2.41. The standard InChI is InChI=1S/C17H26/c1-3-8-14-12-13-17(16(14)9-4-2)15-10-6-5-7-11-15/h12-13H,3-11H2,1-2H3. The van der Waals surface area contributed by atoms with Gasteiger partial charge in [0, 0.05) is 0 Å². The van der Waals surface area contributed by atoms with Gasteiger partial charge in [-0.15, -0.1) is 0 Å². The van der Waals surface area contributed by atoms with Crippen LogP contribution in [-0.4, -0.2) is 0 Å². The van der Waals surface area contributed by atoms with E-state index < -0.39 is 0 Å². The summed E-state index contributed by atoms with van der Waals surface area (Å²) in [6.07, 6.45) is 16.9. The third kappa shape index (κ3) is 2.91. The van der Waals surface area contributed by atoms with E-state index in [2.05, 4.69) is 26.0 Å². The van der Waals surface area contributed by atoms with Crippen molar-refractivity contribution in [3.05, 3.63) is 34.4 Å². The number of hydrogen-bond donors (Lipinski definition) is 0. The summed E-state index contributed by atoms with van der Waals surface area (Å²) in [6.45, 7) is 4.59. The highest BCUT2D eigenvalue weighted by Gasteiger charge is 2.18. The normalized spacial score (nSPS) is 20.6. The molecule has 0 spiro atoms. The third-order valence-corrected chi connectivity index (χ3v) is 4.02. The molecule has 0 heteroatoms. The molecular formula is C17H26. The Morgan fingerprint density at radius 1 is 0.882 bits per heavy atom. The van der Waals surface area contributed by atoms with Gasteiger partial charge in [-0.05, 0) is 55.2 Å². The van der Waals surface area contributed by atoms with E-state index in [9.17, 15) is 0 Å². The Kier molecular flexibility index (Phi) is 4.65. The molecule has 2 aliphatic carbocycles. The molecule has 2 aliphatic rings. The molecule has 0 saturated heterocycles. The highest BCUT2D eigenvalue weighted by Crippen LogP contribution is 2.37. The highest BCUT2D eigenvalue weighted by molar-refractivity contribution is 5.55. The third-order valence-electron chi connectivity index (χ3n) is 4.02. The molecule has 0 unspecified atom stereocenters.